The minimum absolute atomic E-state index is 0.203. The predicted octanol–water partition coefficient (Wildman–Crippen LogP) is 5.75. The van der Waals surface area contributed by atoms with Crippen LogP contribution in [0.5, 0.6) is 0 Å². The standard InChI is InChI=1S/C22H20BCl3O3/c24-19-8-2-16(3-9-19)22(14-1-15-29-23(27)28,17-4-10-20(25)11-5-17)18-6-12-21(26)13-7-18/h2-13,27-28H,1,14-15H2. The number of hydrogen-bond acceptors (Lipinski definition) is 3. The van der Waals surface area contributed by atoms with Crippen LogP contribution in [0.25, 0.3) is 0 Å². The van der Waals surface area contributed by atoms with Crippen LogP contribution in [0.2, 0.25) is 15.1 Å². The summed E-state index contributed by atoms with van der Waals surface area (Å²) in [6.45, 7) is 0.203. The third-order valence-electron chi connectivity index (χ3n) is 4.97. The Labute approximate surface area is 186 Å². The molecule has 0 aliphatic carbocycles. The van der Waals surface area contributed by atoms with Gasteiger partial charge in [-0.2, -0.15) is 0 Å². The number of halogens is 3. The molecule has 150 valence electrons. The van der Waals surface area contributed by atoms with Crippen molar-refractivity contribution in [3.63, 3.8) is 0 Å². The van der Waals surface area contributed by atoms with E-state index < -0.39 is 12.7 Å². The molecular formula is C22H20BCl3O3. The zero-order valence-corrected chi connectivity index (χ0v) is 17.8. The van der Waals surface area contributed by atoms with Crippen molar-refractivity contribution in [3.05, 3.63) is 105 Å². The summed E-state index contributed by atoms with van der Waals surface area (Å²) in [5.74, 6) is 0. The summed E-state index contributed by atoms with van der Waals surface area (Å²) in [4.78, 5) is 0. The van der Waals surface area contributed by atoms with Gasteiger partial charge in [0.15, 0.2) is 0 Å². The van der Waals surface area contributed by atoms with E-state index in [1.165, 1.54) is 0 Å². The van der Waals surface area contributed by atoms with Crippen LogP contribution in [0, 0.1) is 0 Å². The third-order valence-corrected chi connectivity index (χ3v) is 5.73. The normalized spacial score (nSPS) is 11.5. The van der Waals surface area contributed by atoms with E-state index in [0.29, 0.717) is 27.9 Å². The predicted molar refractivity (Wildman–Crippen MR) is 120 cm³/mol. The molecule has 2 N–H and O–H groups in total. The number of benzene rings is 3. The molecule has 3 aromatic carbocycles. The molecule has 3 nitrogen and oxygen atoms in total. The molecule has 0 saturated carbocycles. The van der Waals surface area contributed by atoms with Gasteiger partial charge in [0.2, 0.25) is 0 Å². The van der Waals surface area contributed by atoms with Gasteiger partial charge in [0.05, 0.1) is 0 Å². The molecule has 29 heavy (non-hydrogen) atoms. The lowest BCUT2D eigenvalue weighted by Gasteiger charge is -2.36. The largest absolute Gasteiger partial charge is 0.633 e. The Balaban J connectivity index is 2.15. The molecule has 0 radical (unpaired) electrons. The molecule has 0 aliphatic rings. The lowest BCUT2D eigenvalue weighted by Crippen LogP contribution is -2.30. The zero-order valence-electron chi connectivity index (χ0n) is 15.6. The molecule has 0 unspecified atom stereocenters. The monoisotopic (exact) mass is 448 g/mol. The maximum atomic E-state index is 9.01. The number of rotatable bonds is 8. The van der Waals surface area contributed by atoms with E-state index in [2.05, 4.69) is 0 Å². The van der Waals surface area contributed by atoms with Gasteiger partial charge < -0.3 is 14.7 Å². The molecule has 3 rings (SSSR count). The SMILES string of the molecule is OB(O)OCCCC(c1ccc(Cl)cc1)(c1ccc(Cl)cc1)c1ccc(Cl)cc1. The van der Waals surface area contributed by atoms with Crippen molar-refractivity contribution in [3.8, 4) is 0 Å². The lowest BCUT2D eigenvalue weighted by molar-refractivity contribution is 0.179. The van der Waals surface area contributed by atoms with Crippen LogP contribution < -0.4 is 0 Å². The van der Waals surface area contributed by atoms with Crippen molar-refractivity contribution in [2.45, 2.75) is 18.3 Å². The Morgan fingerprint density at radius 2 is 1.00 bits per heavy atom. The Morgan fingerprint density at radius 1 is 0.655 bits per heavy atom. The van der Waals surface area contributed by atoms with Crippen LogP contribution >= 0.6 is 34.8 Å². The van der Waals surface area contributed by atoms with Crippen molar-refractivity contribution in [2.75, 3.05) is 6.61 Å². The van der Waals surface area contributed by atoms with Crippen molar-refractivity contribution < 1.29 is 14.7 Å². The van der Waals surface area contributed by atoms with Crippen molar-refractivity contribution in [2.24, 2.45) is 0 Å². The minimum Gasteiger partial charge on any atom is -0.402 e. The van der Waals surface area contributed by atoms with Gasteiger partial charge >= 0.3 is 7.32 Å². The highest BCUT2D eigenvalue weighted by Crippen LogP contribution is 2.44. The Hall–Kier alpha value is -1.53. The van der Waals surface area contributed by atoms with Crippen LogP contribution in [0.15, 0.2) is 72.8 Å². The molecule has 0 atom stereocenters. The molecule has 0 aliphatic heterocycles. The summed E-state index contributed by atoms with van der Waals surface area (Å²) in [6.07, 6.45) is 1.25. The van der Waals surface area contributed by atoms with Gasteiger partial charge in [-0.3, -0.25) is 0 Å². The fourth-order valence-corrected chi connectivity index (χ4v) is 4.04. The van der Waals surface area contributed by atoms with E-state index in [1.807, 2.05) is 72.8 Å². The minimum atomic E-state index is -1.79. The van der Waals surface area contributed by atoms with E-state index in [9.17, 15) is 0 Å². The summed E-state index contributed by atoms with van der Waals surface area (Å²) in [5, 5.41) is 20.0. The van der Waals surface area contributed by atoms with Crippen LogP contribution in [-0.2, 0) is 10.1 Å². The molecular weight excluding hydrogens is 429 g/mol. The second-order valence-electron chi connectivity index (χ2n) is 6.73. The highest BCUT2D eigenvalue weighted by atomic mass is 35.5. The van der Waals surface area contributed by atoms with Gasteiger partial charge in [0.1, 0.15) is 0 Å². The summed E-state index contributed by atoms with van der Waals surface area (Å²) in [7, 11) is -1.79. The maximum Gasteiger partial charge on any atom is 0.633 e. The smallest absolute Gasteiger partial charge is 0.402 e. The third kappa shape index (κ3) is 5.34. The number of hydrogen-bond donors (Lipinski definition) is 2. The van der Waals surface area contributed by atoms with Crippen molar-refractivity contribution in [1.29, 1.82) is 0 Å². The fraction of sp³-hybridized carbons (Fsp3) is 0.182. The lowest BCUT2D eigenvalue weighted by atomic mass is 9.67. The molecule has 0 bridgehead atoms. The van der Waals surface area contributed by atoms with E-state index in [0.717, 1.165) is 16.7 Å². The van der Waals surface area contributed by atoms with Gasteiger partial charge in [-0.25, -0.2) is 0 Å². The summed E-state index contributed by atoms with van der Waals surface area (Å²) >= 11 is 18.4. The molecule has 0 fully saturated rings. The van der Waals surface area contributed by atoms with E-state index in [4.69, 9.17) is 49.5 Å². The topological polar surface area (TPSA) is 49.7 Å². The van der Waals surface area contributed by atoms with Gasteiger partial charge in [-0.1, -0.05) is 71.2 Å². The summed E-state index contributed by atoms with van der Waals surface area (Å²) in [6, 6.07) is 23.2. The van der Waals surface area contributed by atoms with Gasteiger partial charge in [0, 0.05) is 27.1 Å². The molecule has 7 heteroatoms. The molecule has 0 aromatic heterocycles. The second-order valence-corrected chi connectivity index (χ2v) is 8.04. The highest BCUT2D eigenvalue weighted by Gasteiger charge is 2.36. The molecule has 3 aromatic rings. The average molecular weight is 450 g/mol. The first kappa shape index (κ1) is 22.2. The van der Waals surface area contributed by atoms with Crippen molar-refractivity contribution >= 4 is 42.1 Å². The Morgan fingerprint density at radius 3 is 1.31 bits per heavy atom. The first-order valence-electron chi connectivity index (χ1n) is 9.18. The van der Waals surface area contributed by atoms with Crippen LogP contribution in [-0.4, -0.2) is 24.0 Å². The van der Waals surface area contributed by atoms with Gasteiger partial charge in [-0.05, 0) is 65.9 Å². The first-order valence-corrected chi connectivity index (χ1v) is 10.3. The Bertz CT molecular complexity index is 803. The molecule has 0 heterocycles. The van der Waals surface area contributed by atoms with Crippen molar-refractivity contribution in [1.82, 2.24) is 0 Å². The summed E-state index contributed by atoms with van der Waals surface area (Å²) < 4.78 is 4.95. The highest BCUT2D eigenvalue weighted by molar-refractivity contribution is 6.32. The zero-order chi connectivity index (χ0) is 20.9. The quantitative estimate of drug-likeness (QED) is 0.262. The second kappa shape index (κ2) is 9.99. The van der Waals surface area contributed by atoms with E-state index >= 15 is 0 Å². The first-order chi connectivity index (χ1) is 13.9. The molecule has 0 saturated heterocycles. The van der Waals surface area contributed by atoms with Crippen LogP contribution in [0.3, 0.4) is 0 Å². The van der Waals surface area contributed by atoms with E-state index in [-0.39, 0.29) is 6.61 Å². The van der Waals surface area contributed by atoms with Crippen LogP contribution in [0.1, 0.15) is 29.5 Å². The average Bonchev–Trinajstić information content (AvgIpc) is 2.71. The molecule has 0 amide bonds. The molecule has 0 spiro atoms. The summed E-state index contributed by atoms with van der Waals surface area (Å²) in [5.41, 5.74) is 2.63. The fourth-order valence-electron chi connectivity index (χ4n) is 3.66. The maximum absolute atomic E-state index is 9.01. The van der Waals surface area contributed by atoms with Crippen LogP contribution in [0.4, 0.5) is 0 Å². The van der Waals surface area contributed by atoms with Gasteiger partial charge in [0.25, 0.3) is 0 Å². The van der Waals surface area contributed by atoms with E-state index in [1.54, 1.807) is 0 Å². The Kier molecular flexibility index (Phi) is 7.63. The van der Waals surface area contributed by atoms with Gasteiger partial charge in [-0.15, -0.1) is 0 Å².